The van der Waals surface area contributed by atoms with Gasteiger partial charge in [0.15, 0.2) is 16.5 Å². The van der Waals surface area contributed by atoms with E-state index in [2.05, 4.69) is 4.98 Å². The fraction of sp³-hybridized carbons (Fsp3) is 0. The van der Waals surface area contributed by atoms with E-state index in [1.54, 1.807) is 12.3 Å². The zero-order chi connectivity index (χ0) is 13.5. The van der Waals surface area contributed by atoms with Crippen LogP contribution in [0.3, 0.4) is 0 Å². The Morgan fingerprint density at radius 2 is 2.05 bits per heavy atom. The number of fused-ring (bicyclic) bond motifs is 1. The predicted octanol–water partition coefficient (Wildman–Crippen LogP) is 5.47. The molecule has 0 bridgehead atoms. The second-order valence-corrected chi connectivity index (χ2v) is 5.60. The van der Waals surface area contributed by atoms with Gasteiger partial charge in [-0.2, -0.15) is 0 Å². The molecule has 4 rings (SSSR count). The summed E-state index contributed by atoms with van der Waals surface area (Å²) >= 11 is 7.48. The minimum absolute atomic E-state index is 0.660. The van der Waals surface area contributed by atoms with Crippen molar-refractivity contribution < 1.29 is 8.83 Å². The highest BCUT2D eigenvalue weighted by Crippen LogP contribution is 2.33. The van der Waals surface area contributed by atoms with E-state index in [0.29, 0.717) is 5.02 Å². The maximum atomic E-state index is 5.96. The van der Waals surface area contributed by atoms with Crippen molar-refractivity contribution in [1.82, 2.24) is 4.98 Å². The third-order valence-electron chi connectivity index (χ3n) is 2.97. The van der Waals surface area contributed by atoms with Crippen LogP contribution < -0.4 is 0 Å². The van der Waals surface area contributed by atoms with Crippen molar-refractivity contribution in [2.75, 3.05) is 0 Å². The summed E-state index contributed by atoms with van der Waals surface area (Å²) in [6.45, 7) is 0. The lowest BCUT2D eigenvalue weighted by molar-refractivity contribution is 0.581. The van der Waals surface area contributed by atoms with Crippen LogP contribution in [-0.2, 0) is 0 Å². The monoisotopic (exact) mass is 301 g/mol. The number of hydrogen-bond acceptors (Lipinski definition) is 4. The molecule has 0 radical (unpaired) electrons. The first-order valence-electron chi connectivity index (χ1n) is 5.98. The summed E-state index contributed by atoms with van der Waals surface area (Å²) < 4.78 is 11.1. The molecule has 1 aromatic carbocycles. The topological polar surface area (TPSA) is 39.2 Å². The van der Waals surface area contributed by atoms with Gasteiger partial charge >= 0.3 is 0 Å². The van der Waals surface area contributed by atoms with Crippen molar-refractivity contribution in [1.29, 1.82) is 0 Å². The molecule has 3 heterocycles. The molecular weight excluding hydrogens is 294 g/mol. The van der Waals surface area contributed by atoms with Crippen LogP contribution in [0.4, 0.5) is 0 Å². The lowest BCUT2D eigenvalue weighted by Crippen LogP contribution is -1.74. The Morgan fingerprint density at radius 3 is 2.90 bits per heavy atom. The molecule has 0 aliphatic carbocycles. The number of nitrogens with zero attached hydrogens (tertiary/aromatic N) is 1. The van der Waals surface area contributed by atoms with Gasteiger partial charge in [0.1, 0.15) is 11.3 Å². The molecule has 98 valence electrons. The van der Waals surface area contributed by atoms with Gasteiger partial charge in [-0.05, 0) is 30.3 Å². The van der Waals surface area contributed by atoms with Crippen molar-refractivity contribution in [3.05, 3.63) is 53.1 Å². The molecule has 0 saturated heterocycles. The van der Waals surface area contributed by atoms with Gasteiger partial charge in [0.05, 0.1) is 6.26 Å². The first-order chi connectivity index (χ1) is 9.79. The van der Waals surface area contributed by atoms with Crippen LogP contribution in [0.25, 0.3) is 33.2 Å². The summed E-state index contributed by atoms with van der Waals surface area (Å²) in [5.74, 6) is 1.50. The van der Waals surface area contributed by atoms with Gasteiger partial charge in [0.2, 0.25) is 0 Å². The van der Waals surface area contributed by atoms with E-state index in [4.69, 9.17) is 20.4 Å². The van der Waals surface area contributed by atoms with E-state index >= 15 is 0 Å². The average Bonchev–Trinajstić information content (AvgIpc) is 3.17. The van der Waals surface area contributed by atoms with E-state index in [1.165, 1.54) is 11.3 Å². The number of furan rings is 2. The zero-order valence-electron chi connectivity index (χ0n) is 10.2. The third-order valence-corrected chi connectivity index (χ3v) is 4.06. The minimum atomic E-state index is 0.660. The molecule has 3 nitrogen and oxygen atoms in total. The zero-order valence-corrected chi connectivity index (χ0v) is 11.7. The van der Waals surface area contributed by atoms with E-state index in [9.17, 15) is 0 Å². The Balaban J connectivity index is 1.79. The summed E-state index contributed by atoms with van der Waals surface area (Å²) in [6, 6.07) is 11.3. The van der Waals surface area contributed by atoms with Gasteiger partial charge in [-0.3, -0.25) is 0 Å². The van der Waals surface area contributed by atoms with Crippen LogP contribution in [0.2, 0.25) is 5.02 Å². The van der Waals surface area contributed by atoms with Crippen LogP contribution in [0.5, 0.6) is 0 Å². The molecule has 0 N–H and O–H groups in total. The molecule has 0 atom stereocenters. The van der Waals surface area contributed by atoms with Gasteiger partial charge in [-0.1, -0.05) is 11.6 Å². The van der Waals surface area contributed by atoms with Crippen LogP contribution >= 0.6 is 22.9 Å². The molecule has 4 aromatic rings. The maximum absolute atomic E-state index is 5.96. The molecule has 0 amide bonds. The fourth-order valence-corrected chi connectivity index (χ4v) is 2.97. The largest absolute Gasteiger partial charge is 0.462 e. The van der Waals surface area contributed by atoms with Crippen molar-refractivity contribution in [3.8, 4) is 22.2 Å². The highest BCUT2D eigenvalue weighted by atomic mass is 35.5. The van der Waals surface area contributed by atoms with Crippen molar-refractivity contribution in [2.24, 2.45) is 0 Å². The van der Waals surface area contributed by atoms with Gasteiger partial charge in [-0.25, -0.2) is 4.98 Å². The fourth-order valence-electron chi connectivity index (χ4n) is 2.03. The Kier molecular flexibility index (Phi) is 2.65. The average molecular weight is 302 g/mol. The lowest BCUT2D eigenvalue weighted by Gasteiger charge is -1.89. The molecular formula is C15H8ClNO2S. The van der Waals surface area contributed by atoms with E-state index in [1.807, 2.05) is 35.7 Å². The molecule has 0 spiro atoms. The Bertz CT molecular complexity index is 876. The molecule has 20 heavy (non-hydrogen) atoms. The molecule has 0 unspecified atom stereocenters. The van der Waals surface area contributed by atoms with E-state index in [0.717, 1.165) is 33.2 Å². The molecule has 0 fully saturated rings. The predicted molar refractivity (Wildman–Crippen MR) is 80.0 cm³/mol. The highest BCUT2D eigenvalue weighted by molar-refractivity contribution is 7.13. The van der Waals surface area contributed by atoms with Gasteiger partial charge in [0, 0.05) is 21.9 Å². The van der Waals surface area contributed by atoms with Gasteiger partial charge in [-0.15, -0.1) is 11.3 Å². The molecule has 0 aliphatic heterocycles. The summed E-state index contributed by atoms with van der Waals surface area (Å²) in [5, 5.41) is 4.46. The Morgan fingerprint density at radius 1 is 1.10 bits per heavy atom. The highest BCUT2D eigenvalue weighted by Gasteiger charge is 2.12. The standard InChI is InChI=1S/C15H8ClNO2S/c16-10-4-3-9-6-14(19-13(9)7-10)11-8-20-15(17-11)12-2-1-5-18-12/h1-8H. The quantitative estimate of drug-likeness (QED) is 0.493. The van der Waals surface area contributed by atoms with Gasteiger partial charge < -0.3 is 8.83 Å². The van der Waals surface area contributed by atoms with Crippen LogP contribution in [0, 0.1) is 0 Å². The minimum Gasteiger partial charge on any atom is -0.462 e. The number of halogens is 1. The summed E-state index contributed by atoms with van der Waals surface area (Å²) in [5.41, 5.74) is 1.56. The first-order valence-corrected chi connectivity index (χ1v) is 7.24. The third kappa shape index (κ3) is 1.94. The number of thiazole rings is 1. The second kappa shape index (κ2) is 4.51. The smallest absolute Gasteiger partial charge is 0.162 e. The van der Waals surface area contributed by atoms with E-state index < -0.39 is 0 Å². The van der Waals surface area contributed by atoms with Crippen molar-refractivity contribution in [2.45, 2.75) is 0 Å². The normalized spacial score (nSPS) is 11.2. The van der Waals surface area contributed by atoms with E-state index in [-0.39, 0.29) is 0 Å². The van der Waals surface area contributed by atoms with Crippen LogP contribution in [-0.4, -0.2) is 4.98 Å². The maximum Gasteiger partial charge on any atom is 0.162 e. The Hall–Kier alpha value is -2.04. The summed E-state index contributed by atoms with van der Waals surface area (Å²) in [6.07, 6.45) is 1.64. The molecule has 5 heteroatoms. The van der Waals surface area contributed by atoms with Crippen LogP contribution in [0.1, 0.15) is 0 Å². The first kappa shape index (κ1) is 11.8. The van der Waals surface area contributed by atoms with Crippen molar-refractivity contribution in [3.63, 3.8) is 0 Å². The Labute approximate surface area is 123 Å². The molecule has 0 saturated carbocycles. The van der Waals surface area contributed by atoms with Crippen LogP contribution in [0.15, 0.2) is 56.9 Å². The molecule has 0 aliphatic rings. The number of rotatable bonds is 2. The van der Waals surface area contributed by atoms with Crippen molar-refractivity contribution >= 4 is 33.9 Å². The number of benzene rings is 1. The summed E-state index contributed by atoms with van der Waals surface area (Å²) in [7, 11) is 0. The summed E-state index contributed by atoms with van der Waals surface area (Å²) in [4.78, 5) is 4.54. The molecule has 3 aromatic heterocycles. The second-order valence-electron chi connectivity index (χ2n) is 4.31. The SMILES string of the molecule is Clc1ccc2cc(-c3csc(-c4ccco4)n3)oc2c1. The van der Waals surface area contributed by atoms with Gasteiger partial charge in [0.25, 0.3) is 0 Å². The number of aromatic nitrogens is 1. The lowest BCUT2D eigenvalue weighted by atomic mass is 10.2. The number of hydrogen-bond donors (Lipinski definition) is 0.